The number of rotatable bonds is 2. The van der Waals surface area contributed by atoms with E-state index in [-0.39, 0.29) is 11.8 Å². The molecule has 0 atom stereocenters. The van der Waals surface area contributed by atoms with Gasteiger partial charge in [0.1, 0.15) is 0 Å². The van der Waals surface area contributed by atoms with Gasteiger partial charge in [-0.2, -0.15) is 0 Å². The van der Waals surface area contributed by atoms with E-state index in [4.69, 9.17) is 0 Å². The zero-order valence-electron chi connectivity index (χ0n) is 17.7. The van der Waals surface area contributed by atoms with Crippen molar-refractivity contribution in [2.24, 2.45) is 0 Å². The number of carbonyl (C=O) groups excluding carboxylic acids is 2. The number of hydrogen-bond donors (Lipinski definition) is 0. The molecule has 0 unspecified atom stereocenters. The summed E-state index contributed by atoms with van der Waals surface area (Å²) in [5, 5.41) is 0. The Morgan fingerprint density at radius 1 is 0.767 bits per heavy atom. The van der Waals surface area contributed by atoms with Crippen molar-refractivity contribution in [2.45, 2.75) is 27.2 Å². The third-order valence-electron chi connectivity index (χ3n) is 5.77. The average molecular weight is 402 g/mol. The smallest absolute Gasteiger partial charge is 0.254 e. The van der Waals surface area contributed by atoms with E-state index in [0.29, 0.717) is 31.7 Å². The molecular formula is C24H26N4O2. The number of benzene rings is 2. The molecule has 1 aliphatic rings. The highest BCUT2D eigenvalue weighted by Crippen LogP contribution is 2.18. The van der Waals surface area contributed by atoms with Gasteiger partial charge in [0.05, 0.1) is 22.4 Å². The Hall–Kier alpha value is -3.28. The number of nitrogens with zero attached hydrogens (tertiary/aromatic N) is 4. The van der Waals surface area contributed by atoms with Crippen LogP contribution in [0.3, 0.4) is 0 Å². The van der Waals surface area contributed by atoms with Gasteiger partial charge >= 0.3 is 0 Å². The van der Waals surface area contributed by atoms with E-state index in [0.717, 1.165) is 40.0 Å². The highest BCUT2D eigenvalue weighted by atomic mass is 16.2. The van der Waals surface area contributed by atoms with Crippen molar-refractivity contribution in [1.82, 2.24) is 19.8 Å². The summed E-state index contributed by atoms with van der Waals surface area (Å²) >= 11 is 0. The number of hydrogen-bond acceptors (Lipinski definition) is 4. The number of carbonyl (C=O) groups is 2. The van der Waals surface area contributed by atoms with E-state index in [9.17, 15) is 9.59 Å². The predicted molar refractivity (Wildman–Crippen MR) is 117 cm³/mol. The van der Waals surface area contributed by atoms with Crippen LogP contribution >= 0.6 is 0 Å². The summed E-state index contributed by atoms with van der Waals surface area (Å²) in [5.41, 5.74) is 5.60. The Morgan fingerprint density at radius 2 is 1.40 bits per heavy atom. The van der Waals surface area contributed by atoms with Gasteiger partial charge in [0.25, 0.3) is 11.8 Å². The Morgan fingerprint density at radius 3 is 2.10 bits per heavy atom. The van der Waals surface area contributed by atoms with Gasteiger partial charge in [-0.25, -0.2) is 9.97 Å². The Balaban J connectivity index is 1.50. The highest BCUT2D eigenvalue weighted by Gasteiger charge is 2.24. The number of amides is 2. The van der Waals surface area contributed by atoms with Crippen LogP contribution in [0.15, 0.2) is 42.5 Å². The van der Waals surface area contributed by atoms with Crippen molar-refractivity contribution in [1.29, 1.82) is 0 Å². The molecule has 0 spiro atoms. The minimum absolute atomic E-state index is 0.0258. The van der Waals surface area contributed by atoms with Crippen LogP contribution in [0.2, 0.25) is 0 Å². The van der Waals surface area contributed by atoms with Crippen LogP contribution in [0.25, 0.3) is 11.0 Å². The number of aromatic nitrogens is 2. The molecule has 6 nitrogen and oxygen atoms in total. The molecule has 1 saturated heterocycles. The lowest BCUT2D eigenvalue weighted by atomic mass is 10.1. The molecule has 1 aromatic heterocycles. The largest absolute Gasteiger partial charge is 0.337 e. The molecule has 154 valence electrons. The summed E-state index contributed by atoms with van der Waals surface area (Å²) in [6, 6.07) is 13.1. The van der Waals surface area contributed by atoms with E-state index in [2.05, 4.69) is 9.97 Å². The first-order chi connectivity index (χ1) is 14.4. The normalized spacial score (nSPS) is 14.6. The molecular weight excluding hydrogens is 376 g/mol. The molecule has 2 amide bonds. The van der Waals surface area contributed by atoms with Crippen molar-refractivity contribution >= 4 is 22.8 Å². The lowest BCUT2D eigenvalue weighted by molar-refractivity contribution is 0.0718. The Kier molecular flexibility index (Phi) is 5.48. The van der Waals surface area contributed by atoms with Crippen molar-refractivity contribution < 1.29 is 9.59 Å². The molecule has 0 aliphatic carbocycles. The van der Waals surface area contributed by atoms with Crippen LogP contribution in [0.1, 0.15) is 44.1 Å². The van der Waals surface area contributed by atoms with Gasteiger partial charge < -0.3 is 9.80 Å². The van der Waals surface area contributed by atoms with Gasteiger partial charge in [0.2, 0.25) is 0 Å². The van der Waals surface area contributed by atoms with Gasteiger partial charge in [0, 0.05) is 37.3 Å². The van der Waals surface area contributed by atoms with E-state index >= 15 is 0 Å². The van der Waals surface area contributed by atoms with E-state index in [1.54, 1.807) is 0 Å². The molecule has 30 heavy (non-hydrogen) atoms. The maximum Gasteiger partial charge on any atom is 0.254 e. The van der Waals surface area contributed by atoms with Crippen LogP contribution in [-0.4, -0.2) is 57.8 Å². The maximum absolute atomic E-state index is 13.1. The lowest BCUT2D eigenvalue weighted by Gasteiger charge is -2.23. The first-order valence-electron chi connectivity index (χ1n) is 10.3. The topological polar surface area (TPSA) is 66.4 Å². The van der Waals surface area contributed by atoms with Crippen LogP contribution in [-0.2, 0) is 0 Å². The molecule has 4 rings (SSSR count). The molecule has 2 aromatic carbocycles. The van der Waals surface area contributed by atoms with Crippen LogP contribution in [0, 0.1) is 20.8 Å². The van der Waals surface area contributed by atoms with Gasteiger partial charge in [0.15, 0.2) is 0 Å². The summed E-state index contributed by atoms with van der Waals surface area (Å²) in [4.78, 5) is 38.9. The summed E-state index contributed by atoms with van der Waals surface area (Å²) in [6.45, 7) is 8.14. The minimum Gasteiger partial charge on any atom is -0.337 e. The van der Waals surface area contributed by atoms with Crippen LogP contribution in [0.5, 0.6) is 0 Å². The highest BCUT2D eigenvalue weighted by molar-refractivity contribution is 5.98. The summed E-state index contributed by atoms with van der Waals surface area (Å²) < 4.78 is 0. The maximum atomic E-state index is 13.1. The standard InChI is InChI=1S/C24H26N4O2/c1-16-7-4-5-8-20(16)24(30)28-12-6-11-27(13-14-28)23(29)19-9-10-21-22(15-19)26-18(3)17(2)25-21/h4-5,7-10,15H,6,11-14H2,1-3H3. The van der Waals surface area contributed by atoms with Crippen molar-refractivity contribution in [2.75, 3.05) is 26.2 Å². The quantitative estimate of drug-likeness (QED) is 0.658. The fourth-order valence-electron chi connectivity index (χ4n) is 3.85. The third kappa shape index (κ3) is 3.90. The summed E-state index contributed by atoms with van der Waals surface area (Å²) in [5.74, 6) is 0.0105. The van der Waals surface area contributed by atoms with Crippen LogP contribution in [0.4, 0.5) is 0 Å². The molecule has 0 bridgehead atoms. The second-order valence-corrected chi connectivity index (χ2v) is 7.85. The van der Waals surface area contributed by atoms with Gasteiger partial charge in [-0.15, -0.1) is 0 Å². The Labute approximate surface area is 176 Å². The molecule has 0 saturated carbocycles. The van der Waals surface area contributed by atoms with Gasteiger partial charge in [-0.1, -0.05) is 18.2 Å². The fourth-order valence-corrected chi connectivity index (χ4v) is 3.85. The molecule has 1 fully saturated rings. The van der Waals surface area contributed by atoms with Crippen LogP contribution < -0.4 is 0 Å². The number of fused-ring (bicyclic) bond motifs is 1. The predicted octanol–water partition coefficient (Wildman–Crippen LogP) is 3.54. The Bertz CT molecular complexity index is 1130. The monoisotopic (exact) mass is 402 g/mol. The second-order valence-electron chi connectivity index (χ2n) is 7.85. The molecule has 6 heteroatoms. The van der Waals surface area contributed by atoms with E-state index in [1.165, 1.54) is 0 Å². The van der Waals surface area contributed by atoms with Crippen molar-refractivity contribution in [3.8, 4) is 0 Å². The number of aryl methyl sites for hydroxylation is 3. The first kappa shape index (κ1) is 20.0. The first-order valence-corrected chi connectivity index (χ1v) is 10.3. The molecule has 3 aromatic rings. The molecule has 1 aliphatic heterocycles. The van der Waals surface area contributed by atoms with Crippen molar-refractivity contribution in [3.05, 3.63) is 70.5 Å². The van der Waals surface area contributed by atoms with E-state index < -0.39 is 0 Å². The van der Waals surface area contributed by atoms with Crippen molar-refractivity contribution in [3.63, 3.8) is 0 Å². The minimum atomic E-state index is -0.0258. The average Bonchev–Trinajstić information content (AvgIpc) is 3.00. The molecule has 0 radical (unpaired) electrons. The SMILES string of the molecule is Cc1ccccc1C(=O)N1CCCN(C(=O)c2ccc3nc(C)c(C)nc3c2)CC1. The lowest BCUT2D eigenvalue weighted by Crippen LogP contribution is -2.37. The fraction of sp³-hybridized carbons (Fsp3) is 0.333. The molecule has 0 N–H and O–H groups in total. The zero-order valence-corrected chi connectivity index (χ0v) is 17.7. The second kappa shape index (κ2) is 8.22. The van der Waals surface area contributed by atoms with E-state index in [1.807, 2.05) is 73.0 Å². The third-order valence-corrected chi connectivity index (χ3v) is 5.77. The van der Waals surface area contributed by atoms with Gasteiger partial charge in [-0.05, 0) is 57.0 Å². The summed E-state index contributed by atoms with van der Waals surface area (Å²) in [7, 11) is 0. The zero-order chi connectivity index (χ0) is 21.3. The van der Waals surface area contributed by atoms with Gasteiger partial charge in [-0.3, -0.25) is 9.59 Å². The molecule has 2 heterocycles. The summed E-state index contributed by atoms with van der Waals surface area (Å²) in [6.07, 6.45) is 0.759.